The van der Waals surface area contributed by atoms with Crippen LogP contribution < -0.4 is 0 Å². The molecule has 1 aromatic carbocycles. The second-order valence-electron chi connectivity index (χ2n) is 3.13. The number of hydrogen-bond acceptors (Lipinski definition) is 1. The number of H-pyrrole nitrogens is 1. The lowest BCUT2D eigenvalue weighted by molar-refractivity contribution is 0.198. The standard InChI is InChI=1S/C10H9Cl2NO/c11-5-10(14)9-4-6-3-7(12)1-2-8(6)13-9/h1-4,10,13-14H,5H2. The van der Waals surface area contributed by atoms with Crippen LogP contribution in [0.15, 0.2) is 24.3 Å². The lowest BCUT2D eigenvalue weighted by Gasteiger charge is -2.01. The molecule has 2 rings (SSSR count). The van der Waals surface area contributed by atoms with Crippen LogP contribution in [-0.2, 0) is 0 Å². The van der Waals surface area contributed by atoms with Gasteiger partial charge in [-0.05, 0) is 24.3 Å². The number of fused-ring (bicyclic) bond motifs is 1. The average Bonchev–Trinajstić information content (AvgIpc) is 2.59. The fourth-order valence-electron chi connectivity index (χ4n) is 1.39. The highest BCUT2D eigenvalue weighted by Crippen LogP contribution is 2.23. The summed E-state index contributed by atoms with van der Waals surface area (Å²) < 4.78 is 0. The van der Waals surface area contributed by atoms with E-state index in [4.69, 9.17) is 23.2 Å². The number of aliphatic hydroxyl groups is 1. The maximum absolute atomic E-state index is 9.50. The normalized spacial score (nSPS) is 13.4. The zero-order valence-electron chi connectivity index (χ0n) is 7.30. The van der Waals surface area contributed by atoms with Gasteiger partial charge in [0.15, 0.2) is 0 Å². The van der Waals surface area contributed by atoms with Gasteiger partial charge in [0.1, 0.15) is 6.10 Å². The fraction of sp³-hybridized carbons (Fsp3) is 0.200. The third-order valence-electron chi connectivity index (χ3n) is 2.11. The van der Waals surface area contributed by atoms with Crippen LogP contribution in [0.2, 0.25) is 5.02 Å². The van der Waals surface area contributed by atoms with Gasteiger partial charge in [-0.25, -0.2) is 0 Å². The Balaban J connectivity index is 2.51. The molecule has 0 bridgehead atoms. The Labute approximate surface area is 91.5 Å². The van der Waals surface area contributed by atoms with E-state index in [0.29, 0.717) is 5.02 Å². The number of benzene rings is 1. The van der Waals surface area contributed by atoms with E-state index in [0.717, 1.165) is 16.6 Å². The summed E-state index contributed by atoms with van der Waals surface area (Å²) in [6.07, 6.45) is -0.650. The van der Waals surface area contributed by atoms with Crippen molar-refractivity contribution in [2.24, 2.45) is 0 Å². The van der Waals surface area contributed by atoms with Gasteiger partial charge in [-0.2, -0.15) is 0 Å². The van der Waals surface area contributed by atoms with Crippen LogP contribution in [0.3, 0.4) is 0 Å². The summed E-state index contributed by atoms with van der Waals surface area (Å²) in [6.45, 7) is 0. The molecule has 4 heteroatoms. The molecule has 0 saturated heterocycles. The lowest BCUT2D eigenvalue weighted by Crippen LogP contribution is -1.97. The first-order valence-electron chi connectivity index (χ1n) is 4.23. The molecule has 2 aromatic rings. The number of alkyl halides is 1. The molecule has 74 valence electrons. The Morgan fingerprint density at radius 2 is 2.14 bits per heavy atom. The molecule has 0 spiro atoms. The van der Waals surface area contributed by atoms with E-state index in [1.54, 1.807) is 6.07 Å². The van der Waals surface area contributed by atoms with E-state index in [9.17, 15) is 5.11 Å². The van der Waals surface area contributed by atoms with Gasteiger partial charge in [-0.15, -0.1) is 11.6 Å². The minimum absolute atomic E-state index is 0.181. The Morgan fingerprint density at radius 3 is 2.86 bits per heavy atom. The number of rotatable bonds is 2. The van der Waals surface area contributed by atoms with E-state index in [1.165, 1.54) is 0 Å². The molecule has 1 heterocycles. The number of hydrogen-bond donors (Lipinski definition) is 2. The second-order valence-corrected chi connectivity index (χ2v) is 3.87. The van der Waals surface area contributed by atoms with Gasteiger partial charge in [-0.3, -0.25) is 0 Å². The first-order valence-corrected chi connectivity index (χ1v) is 5.14. The van der Waals surface area contributed by atoms with Crippen LogP contribution in [0, 0.1) is 0 Å². The number of aromatic nitrogens is 1. The zero-order chi connectivity index (χ0) is 10.1. The predicted octanol–water partition coefficient (Wildman–Crippen LogP) is 3.09. The third-order valence-corrected chi connectivity index (χ3v) is 2.64. The molecule has 1 atom stereocenters. The van der Waals surface area contributed by atoms with Crippen LogP contribution in [-0.4, -0.2) is 16.0 Å². The minimum atomic E-state index is -0.650. The Bertz CT molecular complexity index is 452. The Hall–Kier alpha value is -0.700. The highest BCUT2D eigenvalue weighted by Gasteiger charge is 2.09. The van der Waals surface area contributed by atoms with Gasteiger partial charge in [-0.1, -0.05) is 11.6 Å². The molecule has 0 amide bonds. The predicted molar refractivity (Wildman–Crippen MR) is 59.0 cm³/mol. The second kappa shape index (κ2) is 3.81. The van der Waals surface area contributed by atoms with Crippen LogP contribution in [0.25, 0.3) is 10.9 Å². The minimum Gasteiger partial charge on any atom is -0.386 e. The van der Waals surface area contributed by atoms with Gasteiger partial charge >= 0.3 is 0 Å². The molecule has 0 aliphatic heterocycles. The SMILES string of the molecule is OC(CCl)c1cc2cc(Cl)ccc2[nH]1. The molecule has 0 fully saturated rings. The first-order chi connectivity index (χ1) is 6.70. The number of aliphatic hydroxyl groups excluding tert-OH is 1. The Kier molecular flexibility index (Phi) is 2.68. The maximum atomic E-state index is 9.50. The summed E-state index contributed by atoms with van der Waals surface area (Å²) in [6, 6.07) is 7.38. The van der Waals surface area contributed by atoms with Crippen molar-refractivity contribution >= 4 is 34.1 Å². The fourth-order valence-corrected chi connectivity index (χ4v) is 1.74. The van der Waals surface area contributed by atoms with Crippen molar-refractivity contribution in [2.45, 2.75) is 6.10 Å². The highest BCUT2D eigenvalue weighted by atomic mass is 35.5. The van der Waals surface area contributed by atoms with E-state index in [2.05, 4.69) is 4.98 Å². The van der Waals surface area contributed by atoms with Crippen LogP contribution >= 0.6 is 23.2 Å². The molecular weight excluding hydrogens is 221 g/mol. The van der Waals surface area contributed by atoms with Crippen molar-refractivity contribution in [1.29, 1.82) is 0 Å². The van der Waals surface area contributed by atoms with Crippen molar-refractivity contribution in [3.63, 3.8) is 0 Å². The van der Waals surface area contributed by atoms with Crippen LogP contribution in [0.5, 0.6) is 0 Å². The van der Waals surface area contributed by atoms with E-state index in [1.807, 2.05) is 18.2 Å². The molecule has 0 aliphatic carbocycles. The molecule has 14 heavy (non-hydrogen) atoms. The summed E-state index contributed by atoms with van der Waals surface area (Å²) in [5, 5.41) is 11.2. The van der Waals surface area contributed by atoms with Gasteiger partial charge < -0.3 is 10.1 Å². The summed E-state index contributed by atoms with van der Waals surface area (Å²) in [5.74, 6) is 0.181. The van der Waals surface area contributed by atoms with Crippen LogP contribution in [0.4, 0.5) is 0 Å². The molecule has 1 aromatic heterocycles. The zero-order valence-corrected chi connectivity index (χ0v) is 8.81. The summed E-state index contributed by atoms with van der Waals surface area (Å²) in [7, 11) is 0. The largest absolute Gasteiger partial charge is 0.386 e. The summed E-state index contributed by atoms with van der Waals surface area (Å²) >= 11 is 11.4. The third kappa shape index (κ3) is 1.73. The van der Waals surface area contributed by atoms with Crippen molar-refractivity contribution in [1.82, 2.24) is 4.98 Å². The molecule has 0 aliphatic rings. The molecule has 0 radical (unpaired) electrons. The van der Waals surface area contributed by atoms with Crippen LogP contribution in [0.1, 0.15) is 11.8 Å². The van der Waals surface area contributed by atoms with Crippen molar-refractivity contribution in [3.8, 4) is 0 Å². The quantitative estimate of drug-likeness (QED) is 0.764. The monoisotopic (exact) mass is 229 g/mol. The van der Waals surface area contributed by atoms with Gasteiger partial charge in [0.25, 0.3) is 0 Å². The smallest absolute Gasteiger partial charge is 0.107 e. The van der Waals surface area contributed by atoms with E-state index >= 15 is 0 Å². The lowest BCUT2D eigenvalue weighted by atomic mass is 10.2. The number of halogens is 2. The molecule has 0 saturated carbocycles. The molecule has 1 unspecified atom stereocenters. The van der Waals surface area contributed by atoms with Gasteiger partial charge in [0, 0.05) is 21.6 Å². The van der Waals surface area contributed by atoms with E-state index < -0.39 is 6.10 Å². The summed E-state index contributed by atoms with van der Waals surface area (Å²) in [5.41, 5.74) is 1.67. The molecule has 2 nitrogen and oxygen atoms in total. The van der Waals surface area contributed by atoms with Gasteiger partial charge in [0.2, 0.25) is 0 Å². The van der Waals surface area contributed by atoms with Crippen molar-refractivity contribution in [2.75, 3.05) is 5.88 Å². The van der Waals surface area contributed by atoms with Gasteiger partial charge in [0.05, 0.1) is 5.88 Å². The summed E-state index contributed by atoms with van der Waals surface area (Å²) in [4.78, 5) is 3.08. The maximum Gasteiger partial charge on any atom is 0.107 e. The first kappa shape index (κ1) is 9.84. The number of nitrogens with one attached hydrogen (secondary N) is 1. The molecular formula is C10H9Cl2NO. The highest BCUT2D eigenvalue weighted by molar-refractivity contribution is 6.31. The van der Waals surface area contributed by atoms with Crippen molar-refractivity contribution in [3.05, 3.63) is 35.0 Å². The topological polar surface area (TPSA) is 36.0 Å². The Morgan fingerprint density at radius 1 is 1.36 bits per heavy atom. The molecule has 2 N–H and O–H groups in total. The average molecular weight is 230 g/mol. The van der Waals surface area contributed by atoms with Crippen molar-refractivity contribution < 1.29 is 5.11 Å². The number of aromatic amines is 1. The van der Waals surface area contributed by atoms with E-state index in [-0.39, 0.29) is 5.88 Å².